The number of nitrogens with one attached hydrogen (secondary N) is 1. The lowest BCUT2D eigenvalue weighted by Crippen LogP contribution is -2.11. The van der Waals surface area contributed by atoms with Gasteiger partial charge < -0.3 is 9.62 Å². The molecule has 1 N–H and O–H groups in total. The molecule has 4 heteroatoms. The number of aromatic nitrogens is 1. The topological polar surface area (TPSA) is 28.2 Å². The summed E-state index contributed by atoms with van der Waals surface area (Å²) in [6.07, 6.45) is 0. The van der Waals surface area contributed by atoms with E-state index >= 15 is 0 Å². The Labute approximate surface area is 141 Å². The van der Waals surface area contributed by atoms with Gasteiger partial charge in [-0.2, -0.15) is 0 Å². The number of benzene rings is 2. The fourth-order valence-electron chi connectivity index (χ4n) is 2.45. The summed E-state index contributed by atoms with van der Waals surface area (Å²) in [4.78, 5) is 6.96. The van der Waals surface area contributed by atoms with E-state index in [4.69, 9.17) is 4.98 Å². The molecule has 0 amide bonds. The molecule has 23 heavy (non-hydrogen) atoms. The second kappa shape index (κ2) is 7.49. The molecule has 0 bridgehead atoms. The molecule has 0 saturated heterocycles. The Hall–Kier alpha value is -2.04. The Bertz CT molecular complexity index is 772. The van der Waals surface area contributed by atoms with Gasteiger partial charge in [-0.25, -0.2) is 4.98 Å². The quantitative estimate of drug-likeness (QED) is 0.673. The van der Waals surface area contributed by atoms with Crippen molar-refractivity contribution >= 4 is 28.5 Å². The first-order valence-electron chi connectivity index (χ1n) is 7.67. The van der Waals surface area contributed by atoms with Crippen molar-refractivity contribution < 1.29 is 0 Å². The second-order valence-corrected chi connectivity index (χ2v) is 6.58. The zero-order valence-corrected chi connectivity index (χ0v) is 14.3. The van der Waals surface area contributed by atoms with Gasteiger partial charge in [-0.05, 0) is 43.7 Å². The van der Waals surface area contributed by atoms with E-state index in [1.807, 2.05) is 6.07 Å². The molecule has 3 nitrogen and oxygen atoms in total. The van der Waals surface area contributed by atoms with Gasteiger partial charge >= 0.3 is 0 Å². The highest BCUT2D eigenvalue weighted by atomic mass is 32.2. The Morgan fingerprint density at radius 1 is 0.957 bits per heavy atom. The third-order valence-electron chi connectivity index (χ3n) is 3.52. The maximum Gasteiger partial charge on any atom is 0.0945 e. The minimum atomic E-state index is 0.849. The number of pyridine rings is 1. The van der Waals surface area contributed by atoms with Crippen LogP contribution in [-0.4, -0.2) is 24.0 Å². The molecular weight excluding hydrogens is 302 g/mol. The van der Waals surface area contributed by atoms with Crippen LogP contribution in [0.15, 0.2) is 60.7 Å². The van der Waals surface area contributed by atoms with Gasteiger partial charge in [-0.3, -0.25) is 0 Å². The van der Waals surface area contributed by atoms with E-state index in [9.17, 15) is 0 Å². The van der Waals surface area contributed by atoms with Gasteiger partial charge in [0.15, 0.2) is 0 Å². The third-order valence-corrected chi connectivity index (χ3v) is 4.36. The molecule has 0 aliphatic rings. The predicted octanol–water partition coefficient (Wildman–Crippen LogP) is 4.56. The standard InChI is InChI=1S/C19H21N3S/c1-22(2)13-17-12-11-16-9-6-10-18(19(16)20-17)21-23-14-15-7-4-3-5-8-15/h3-12,21H,13-14H2,1-2H3. The number of hydrogen-bond acceptors (Lipinski definition) is 4. The molecule has 0 saturated carbocycles. The zero-order valence-electron chi connectivity index (χ0n) is 13.5. The molecule has 3 aromatic rings. The van der Waals surface area contributed by atoms with Crippen molar-refractivity contribution in [3.63, 3.8) is 0 Å². The van der Waals surface area contributed by atoms with E-state index in [0.29, 0.717) is 0 Å². The van der Waals surface area contributed by atoms with E-state index in [0.717, 1.165) is 34.6 Å². The van der Waals surface area contributed by atoms with Crippen LogP contribution in [0.25, 0.3) is 10.9 Å². The average molecular weight is 323 g/mol. The number of hydrogen-bond donors (Lipinski definition) is 1. The van der Waals surface area contributed by atoms with Crippen molar-refractivity contribution in [1.29, 1.82) is 0 Å². The molecule has 118 valence electrons. The summed E-state index contributed by atoms with van der Waals surface area (Å²) in [7, 11) is 4.12. The minimum absolute atomic E-state index is 0.849. The van der Waals surface area contributed by atoms with Gasteiger partial charge in [0.05, 0.1) is 16.9 Å². The predicted molar refractivity (Wildman–Crippen MR) is 100 cm³/mol. The molecule has 0 radical (unpaired) electrons. The minimum Gasteiger partial charge on any atom is -0.328 e. The van der Waals surface area contributed by atoms with Crippen molar-refractivity contribution in [2.24, 2.45) is 0 Å². The maximum atomic E-state index is 4.82. The first kappa shape index (κ1) is 15.8. The summed E-state index contributed by atoms with van der Waals surface area (Å²) in [6.45, 7) is 0.849. The molecule has 0 aliphatic carbocycles. The molecule has 1 aromatic heterocycles. The highest BCUT2D eigenvalue weighted by molar-refractivity contribution is 7.99. The van der Waals surface area contributed by atoms with Gasteiger partial charge in [0.1, 0.15) is 0 Å². The van der Waals surface area contributed by atoms with Crippen LogP contribution in [0.3, 0.4) is 0 Å². The maximum absolute atomic E-state index is 4.82. The van der Waals surface area contributed by atoms with E-state index in [1.165, 1.54) is 5.56 Å². The summed E-state index contributed by atoms with van der Waals surface area (Å²) in [5.41, 5.74) is 4.51. The fraction of sp³-hybridized carbons (Fsp3) is 0.211. The van der Waals surface area contributed by atoms with Crippen LogP contribution in [0.1, 0.15) is 11.3 Å². The number of para-hydroxylation sites is 1. The molecule has 3 rings (SSSR count). The van der Waals surface area contributed by atoms with Crippen molar-refractivity contribution in [2.75, 3.05) is 18.8 Å². The zero-order chi connectivity index (χ0) is 16.1. The molecule has 0 aliphatic heterocycles. The van der Waals surface area contributed by atoms with Crippen LogP contribution < -0.4 is 4.72 Å². The van der Waals surface area contributed by atoms with E-state index in [2.05, 4.69) is 78.3 Å². The van der Waals surface area contributed by atoms with Crippen LogP contribution in [0.5, 0.6) is 0 Å². The highest BCUT2D eigenvalue weighted by Crippen LogP contribution is 2.25. The Balaban J connectivity index is 1.76. The van der Waals surface area contributed by atoms with Gasteiger partial charge in [-0.1, -0.05) is 48.5 Å². The molecular formula is C19H21N3S. The molecule has 0 unspecified atom stereocenters. The van der Waals surface area contributed by atoms with E-state index < -0.39 is 0 Å². The van der Waals surface area contributed by atoms with Gasteiger partial charge in [0.2, 0.25) is 0 Å². The summed E-state index contributed by atoms with van der Waals surface area (Å²) in [5, 5.41) is 1.16. The SMILES string of the molecule is CN(C)Cc1ccc2cccc(NSCc3ccccc3)c2n1. The average Bonchev–Trinajstić information content (AvgIpc) is 2.56. The highest BCUT2D eigenvalue weighted by Gasteiger charge is 2.05. The number of anilines is 1. The van der Waals surface area contributed by atoms with Crippen LogP contribution in [-0.2, 0) is 12.3 Å². The lowest BCUT2D eigenvalue weighted by atomic mass is 10.2. The molecule has 2 aromatic carbocycles. The lowest BCUT2D eigenvalue weighted by Gasteiger charge is -2.12. The Morgan fingerprint density at radius 2 is 1.78 bits per heavy atom. The number of rotatable bonds is 6. The lowest BCUT2D eigenvalue weighted by molar-refractivity contribution is 0.397. The molecule has 0 atom stereocenters. The Morgan fingerprint density at radius 3 is 2.57 bits per heavy atom. The monoisotopic (exact) mass is 323 g/mol. The fourth-order valence-corrected chi connectivity index (χ4v) is 3.20. The van der Waals surface area contributed by atoms with Crippen LogP contribution in [0.2, 0.25) is 0 Å². The number of fused-ring (bicyclic) bond motifs is 1. The summed E-state index contributed by atoms with van der Waals surface area (Å²) >= 11 is 1.69. The largest absolute Gasteiger partial charge is 0.328 e. The van der Waals surface area contributed by atoms with Gasteiger partial charge in [0.25, 0.3) is 0 Å². The molecule has 0 spiro atoms. The smallest absolute Gasteiger partial charge is 0.0945 e. The first-order valence-corrected chi connectivity index (χ1v) is 8.66. The second-order valence-electron chi connectivity index (χ2n) is 5.79. The van der Waals surface area contributed by atoms with Gasteiger partial charge in [-0.15, -0.1) is 0 Å². The van der Waals surface area contributed by atoms with Crippen LogP contribution in [0, 0.1) is 0 Å². The summed E-state index contributed by atoms with van der Waals surface area (Å²) in [6, 6.07) is 21.0. The van der Waals surface area contributed by atoms with Gasteiger partial charge in [0, 0.05) is 17.7 Å². The Kier molecular flexibility index (Phi) is 5.16. The summed E-state index contributed by atoms with van der Waals surface area (Å²) in [5.74, 6) is 0.925. The number of nitrogens with zero attached hydrogens (tertiary/aromatic N) is 2. The van der Waals surface area contributed by atoms with Crippen molar-refractivity contribution in [2.45, 2.75) is 12.3 Å². The van der Waals surface area contributed by atoms with E-state index in [1.54, 1.807) is 11.9 Å². The van der Waals surface area contributed by atoms with Crippen molar-refractivity contribution in [1.82, 2.24) is 9.88 Å². The summed E-state index contributed by atoms with van der Waals surface area (Å²) < 4.78 is 3.46. The molecule has 0 fully saturated rings. The van der Waals surface area contributed by atoms with Crippen molar-refractivity contribution in [3.05, 3.63) is 71.9 Å². The van der Waals surface area contributed by atoms with E-state index in [-0.39, 0.29) is 0 Å². The normalized spacial score (nSPS) is 11.1. The van der Waals surface area contributed by atoms with Crippen LogP contribution >= 0.6 is 11.9 Å². The molecule has 1 heterocycles. The van der Waals surface area contributed by atoms with Crippen molar-refractivity contribution in [3.8, 4) is 0 Å². The third kappa shape index (κ3) is 4.24. The van der Waals surface area contributed by atoms with Crippen LogP contribution in [0.4, 0.5) is 5.69 Å². The first-order chi connectivity index (χ1) is 11.2.